The second kappa shape index (κ2) is 4.06. The van der Waals surface area contributed by atoms with Crippen LogP contribution in [0.1, 0.15) is 0 Å². The van der Waals surface area contributed by atoms with Crippen molar-refractivity contribution >= 4 is 33.6 Å². The second-order valence-electron chi connectivity index (χ2n) is 2.75. The number of halogens is 2. The number of hydrazine groups is 1. The SMILES string of the molecule is O=C1ONN(c2ccc(Br)cc2F)OC1=O. The Morgan fingerprint density at radius 2 is 2.06 bits per heavy atom. The van der Waals surface area contributed by atoms with Crippen LogP contribution in [0.15, 0.2) is 22.7 Å². The predicted octanol–water partition coefficient (Wildman–Crippen LogP) is 0.829. The molecule has 6 nitrogen and oxygen atoms in total. The van der Waals surface area contributed by atoms with E-state index in [1.165, 1.54) is 18.2 Å². The van der Waals surface area contributed by atoms with Gasteiger partial charge in [0.2, 0.25) is 0 Å². The summed E-state index contributed by atoms with van der Waals surface area (Å²) in [6, 6.07) is 4.03. The summed E-state index contributed by atoms with van der Waals surface area (Å²) in [6.07, 6.45) is 0. The second-order valence-corrected chi connectivity index (χ2v) is 3.67. The zero-order valence-electron chi connectivity index (χ0n) is 7.57. The van der Waals surface area contributed by atoms with Crippen LogP contribution in [0, 0.1) is 5.82 Å². The Labute approximate surface area is 96.9 Å². The molecule has 1 aliphatic rings. The summed E-state index contributed by atoms with van der Waals surface area (Å²) < 4.78 is 13.9. The van der Waals surface area contributed by atoms with Crippen molar-refractivity contribution in [1.29, 1.82) is 0 Å². The molecule has 0 aliphatic carbocycles. The number of nitrogens with one attached hydrogen (secondary N) is 1. The minimum atomic E-state index is -1.24. The van der Waals surface area contributed by atoms with Crippen LogP contribution in [0.3, 0.4) is 0 Å². The summed E-state index contributed by atoms with van der Waals surface area (Å²) >= 11 is 3.07. The first-order valence-electron chi connectivity index (χ1n) is 4.02. The van der Waals surface area contributed by atoms with Gasteiger partial charge in [-0.3, -0.25) is 0 Å². The number of carbonyl (C=O) groups excluding carboxylic acids is 2. The van der Waals surface area contributed by atoms with Gasteiger partial charge in [-0.25, -0.2) is 14.0 Å². The summed E-state index contributed by atoms with van der Waals surface area (Å²) in [6.45, 7) is 0. The summed E-state index contributed by atoms with van der Waals surface area (Å²) in [4.78, 5) is 30.2. The zero-order valence-corrected chi connectivity index (χ0v) is 9.15. The first kappa shape index (κ1) is 10.8. The zero-order chi connectivity index (χ0) is 11.7. The largest absolute Gasteiger partial charge is 0.444 e. The van der Waals surface area contributed by atoms with Gasteiger partial charge in [-0.1, -0.05) is 21.1 Å². The fourth-order valence-electron chi connectivity index (χ4n) is 1.01. The smallest absolute Gasteiger partial charge is 0.338 e. The standard InChI is InChI=1S/C8H4BrFN2O4/c9-4-1-2-6(5(10)3-4)12-11-15-7(13)8(14)16-12/h1-3,11H. The van der Waals surface area contributed by atoms with E-state index < -0.39 is 17.8 Å². The molecule has 1 N–H and O–H groups in total. The van der Waals surface area contributed by atoms with Crippen LogP contribution in [0.25, 0.3) is 0 Å². The van der Waals surface area contributed by atoms with Crippen LogP contribution in [0.2, 0.25) is 0 Å². The molecule has 8 heteroatoms. The van der Waals surface area contributed by atoms with Crippen molar-refractivity contribution in [2.45, 2.75) is 0 Å². The molecule has 1 fully saturated rings. The Bertz CT molecular complexity index is 467. The van der Waals surface area contributed by atoms with Gasteiger partial charge in [-0.15, -0.1) is 0 Å². The minimum Gasteiger partial charge on any atom is -0.338 e. The normalized spacial score (nSPS) is 15.8. The molecule has 1 saturated heterocycles. The van der Waals surface area contributed by atoms with E-state index in [0.717, 1.165) is 0 Å². The Balaban J connectivity index is 2.25. The number of carbonyl (C=O) groups is 2. The quantitative estimate of drug-likeness (QED) is 0.773. The number of hydrogen-bond acceptors (Lipinski definition) is 6. The van der Waals surface area contributed by atoms with Gasteiger partial charge < -0.3 is 9.68 Å². The highest BCUT2D eigenvalue weighted by molar-refractivity contribution is 9.10. The van der Waals surface area contributed by atoms with Gasteiger partial charge in [-0.2, -0.15) is 0 Å². The monoisotopic (exact) mass is 290 g/mol. The van der Waals surface area contributed by atoms with Gasteiger partial charge in [0.05, 0.1) is 0 Å². The number of benzene rings is 1. The first-order chi connectivity index (χ1) is 7.58. The average molecular weight is 291 g/mol. The Morgan fingerprint density at radius 3 is 2.69 bits per heavy atom. The third-order valence-electron chi connectivity index (χ3n) is 1.69. The number of nitrogens with zero attached hydrogens (tertiary/aromatic N) is 1. The molecule has 1 heterocycles. The first-order valence-corrected chi connectivity index (χ1v) is 4.81. The number of anilines is 1. The van der Waals surface area contributed by atoms with Crippen molar-refractivity contribution in [1.82, 2.24) is 5.59 Å². The maximum Gasteiger partial charge on any atom is 0.444 e. The van der Waals surface area contributed by atoms with E-state index in [4.69, 9.17) is 0 Å². The summed E-state index contributed by atoms with van der Waals surface area (Å²) in [5.41, 5.74) is 1.87. The number of hydrogen-bond donors (Lipinski definition) is 1. The van der Waals surface area contributed by atoms with Gasteiger partial charge in [-0.05, 0) is 23.8 Å². The highest BCUT2D eigenvalue weighted by Gasteiger charge is 2.30. The molecular formula is C8H4BrFN2O4. The fourth-order valence-corrected chi connectivity index (χ4v) is 1.34. The van der Waals surface area contributed by atoms with E-state index in [-0.39, 0.29) is 5.69 Å². The topological polar surface area (TPSA) is 67.9 Å². The van der Waals surface area contributed by atoms with Crippen LogP contribution in [-0.4, -0.2) is 11.9 Å². The van der Waals surface area contributed by atoms with Gasteiger partial charge in [0.1, 0.15) is 5.69 Å². The minimum absolute atomic E-state index is 0.0935. The molecule has 2 rings (SSSR count). The molecule has 0 saturated carbocycles. The maximum atomic E-state index is 13.4. The maximum absolute atomic E-state index is 13.4. The van der Waals surface area contributed by atoms with E-state index >= 15 is 0 Å². The Kier molecular flexibility index (Phi) is 2.75. The van der Waals surface area contributed by atoms with Crippen molar-refractivity contribution < 1.29 is 23.7 Å². The molecule has 0 radical (unpaired) electrons. The third kappa shape index (κ3) is 1.97. The van der Waals surface area contributed by atoms with Crippen molar-refractivity contribution in [2.24, 2.45) is 0 Å². The van der Waals surface area contributed by atoms with Crippen molar-refractivity contribution in [3.63, 3.8) is 0 Å². The van der Waals surface area contributed by atoms with Crippen molar-refractivity contribution in [3.05, 3.63) is 28.5 Å². The molecule has 0 spiro atoms. The summed E-state index contributed by atoms with van der Waals surface area (Å²) in [5, 5.41) is 0.617. The van der Waals surface area contributed by atoms with Crippen LogP contribution in [-0.2, 0) is 19.3 Å². The van der Waals surface area contributed by atoms with E-state index in [2.05, 4.69) is 25.6 Å². The van der Waals surface area contributed by atoms with E-state index in [9.17, 15) is 14.0 Å². The lowest BCUT2D eigenvalue weighted by molar-refractivity contribution is -0.192. The molecule has 84 valence electrons. The fraction of sp³-hybridized carbons (Fsp3) is 0. The molecule has 1 aliphatic heterocycles. The molecule has 0 unspecified atom stereocenters. The highest BCUT2D eigenvalue weighted by Crippen LogP contribution is 2.23. The lowest BCUT2D eigenvalue weighted by Crippen LogP contribution is -2.49. The van der Waals surface area contributed by atoms with Crippen LogP contribution >= 0.6 is 15.9 Å². The molecule has 1 aromatic carbocycles. The highest BCUT2D eigenvalue weighted by atomic mass is 79.9. The van der Waals surface area contributed by atoms with Gasteiger partial charge in [0.15, 0.2) is 5.82 Å². The number of rotatable bonds is 1. The van der Waals surface area contributed by atoms with E-state index in [1.54, 1.807) is 0 Å². The van der Waals surface area contributed by atoms with Crippen molar-refractivity contribution in [3.8, 4) is 0 Å². The lowest BCUT2D eigenvalue weighted by atomic mass is 10.3. The third-order valence-corrected chi connectivity index (χ3v) is 2.18. The molecular weight excluding hydrogens is 287 g/mol. The van der Waals surface area contributed by atoms with Crippen molar-refractivity contribution in [2.75, 3.05) is 5.17 Å². The van der Waals surface area contributed by atoms with Gasteiger partial charge in [0.25, 0.3) is 0 Å². The lowest BCUT2D eigenvalue weighted by Gasteiger charge is -2.25. The molecule has 0 atom stereocenters. The summed E-state index contributed by atoms with van der Waals surface area (Å²) in [5.74, 6) is -3.09. The molecule has 0 aromatic heterocycles. The summed E-state index contributed by atoms with van der Waals surface area (Å²) in [7, 11) is 0. The molecule has 16 heavy (non-hydrogen) atoms. The van der Waals surface area contributed by atoms with E-state index in [1.807, 2.05) is 5.59 Å². The Hall–Kier alpha value is -1.67. The Morgan fingerprint density at radius 1 is 1.31 bits per heavy atom. The average Bonchev–Trinajstić information content (AvgIpc) is 2.22. The molecule has 0 bridgehead atoms. The predicted molar refractivity (Wildman–Crippen MR) is 51.9 cm³/mol. The van der Waals surface area contributed by atoms with Gasteiger partial charge in [0, 0.05) is 4.47 Å². The van der Waals surface area contributed by atoms with Crippen LogP contribution < -0.4 is 10.8 Å². The molecule has 0 amide bonds. The van der Waals surface area contributed by atoms with E-state index in [0.29, 0.717) is 9.64 Å². The molecule has 1 aromatic rings. The van der Waals surface area contributed by atoms with Crippen LogP contribution in [0.5, 0.6) is 0 Å². The van der Waals surface area contributed by atoms with Gasteiger partial charge >= 0.3 is 11.9 Å². The van der Waals surface area contributed by atoms with Crippen LogP contribution in [0.4, 0.5) is 10.1 Å².